The average Bonchev–Trinajstić information content (AvgIpc) is 3.26. The van der Waals surface area contributed by atoms with E-state index in [4.69, 9.17) is 32.7 Å². The van der Waals surface area contributed by atoms with Crippen molar-refractivity contribution in [2.24, 2.45) is 0 Å². The molecule has 1 aromatic carbocycles. The summed E-state index contributed by atoms with van der Waals surface area (Å²) < 4.78 is 11.9. The van der Waals surface area contributed by atoms with Crippen molar-refractivity contribution in [1.29, 1.82) is 0 Å². The third-order valence-corrected chi connectivity index (χ3v) is 6.03. The Hall–Kier alpha value is -3.46. The molecule has 4 N–H and O–H groups in total. The van der Waals surface area contributed by atoms with Crippen LogP contribution in [-0.2, 0) is 11.3 Å². The van der Waals surface area contributed by atoms with Crippen molar-refractivity contribution in [3.05, 3.63) is 34.7 Å². The van der Waals surface area contributed by atoms with Crippen molar-refractivity contribution < 1.29 is 24.2 Å². The number of ether oxygens (including phenoxy) is 2. The molecule has 2 heterocycles. The number of methoxy groups -OCH3 is 2. The first-order chi connectivity index (χ1) is 18.2. The molecule has 0 spiro atoms. The van der Waals surface area contributed by atoms with Crippen LogP contribution in [0.5, 0.6) is 11.5 Å². The molecular weight excluding hydrogens is 559 g/mol. The Morgan fingerprint density at radius 1 is 1.13 bits per heavy atom. The van der Waals surface area contributed by atoms with E-state index >= 15 is 0 Å². The SMILES string of the molecule is COc1cc(OC)c(Cl)c(NC(=O)N(C)c2cc(Nc3nn(CCO)cc3NC(=O)CCS)ncn2)c1Cl. The lowest BCUT2D eigenvalue weighted by Crippen LogP contribution is -2.32. The Labute approximate surface area is 233 Å². The van der Waals surface area contributed by atoms with E-state index in [1.807, 2.05) is 0 Å². The van der Waals surface area contributed by atoms with E-state index in [9.17, 15) is 14.7 Å². The number of aliphatic hydroxyl groups is 1. The minimum atomic E-state index is -0.610. The number of carbonyl (C=O) groups excluding carboxylic acids is 2. The van der Waals surface area contributed by atoms with Gasteiger partial charge in [-0.05, 0) is 5.75 Å². The van der Waals surface area contributed by atoms with Gasteiger partial charge in [0.15, 0.2) is 5.82 Å². The normalized spacial score (nSPS) is 10.6. The predicted molar refractivity (Wildman–Crippen MR) is 149 cm³/mol. The molecule has 0 saturated carbocycles. The fraction of sp³-hybridized carbons (Fsp3) is 0.318. The van der Waals surface area contributed by atoms with Gasteiger partial charge in [0, 0.05) is 25.6 Å². The zero-order valence-corrected chi connectivity index (χ0v) is 23.1. The molecular formula is C22H26Cl2N8O5S. The summed E-state index contributed by atoms with van der Waals surface area (Å²) in [5, 5.41) is 22.2. The highest BCUT2D eigenvalue weighted by Crippen LogP contribution is 2.44. The van der Waals surface area contributed by atoms with E-state index in [0.29, 0.717) is 11.4 Å². The maximum atomic E-state index is 13.0. The third kappa shape index (κ3) is 6.89. The molecule has 0 aliphatic heterocycles. The van der Waals surface area contributed by atoms with Crippen LogP contribution in [0.15, 0.2) is 24.7 Å². The summed E-state index contributed by atoms with van der Waals surface area (Å²) in [5.74, 6) is 1.43. The van der Waals surface area contributed by atoms with Crippen LogP contribution in [0.2, 0.25) is 10.0 Å². The maximum Gasteiger partial charge on any atom is 0.327 e. The number of aliphatic hydroxyl groups excluding tert-OH is 1. The van der Waals surface area contributed by atoms with Gasteiger partial charge in [-0.1, -0.05) is 23.2 Å². The molecule has 0 atom stereocenters. The number of thiol groups is 1. The van der Waals surface area contributed by atoms with Gasteiger partial charge in [-0.3, -0.25) is 14.4 Å². The number of halogens is 2. The molecule has 0 bridgehead atoms. The fourth-order valence-corrected chi connectivity index (χ4v) is 3.95. The Morgan fingerprint density at radius 2 is 1.82 bits per heavy atom. The van der Waals surface area contributed by atoms with Gasteiger partial charge >= 0.3 is 6.03 Å². The van der Waals surface area contributed by atoms with Crippen LogP contribution in [0.1, 0.15) is 6.42 Å². The first-order valence-electron chi connectivity index (χ1n) is 11.0. The number of aromatic nitrogens is 4. The zero-order valence-electron chi connectivity index (χ0n) is 20.7. The number of urea groups is 1. The molecule has 3 amide bonds. The standard InChI is InChI=1S/C22H26Cl2N8O5S/c1-31(22(35)29-20-18(23)13(36-2)8-14(37-3)19(20)24)16-9-15(25-11-26-16)28-21-12(27-17(34)4-7-38)10-32(30-21)5-6-33/h8-11,33,38H,4-7H2,1-3H3,(H,27,34)(H,29,35)(H,25,26,28,30). The van der Waals surface area contributed by atoms with Gasteiger partial charge in [-0.2, -0.15) is 17.7 Å². The summed E-state index contributed by atoms with van der Waals surface area (Å²) in [5.41, 5.74) is 0.484. The van der Waals surface area contributed by atoms with Crippen LogP contribution in [0.25, 0.3) is 0 Å². The van der Waals surface area contributed by atoms with Gasteiger partial charge in [0.25, 0.3) is 0 Å². The van der Waals surface area contributed by atoms with Crippen LogP contribution >= 0.6 is 35.8 Å². The van der Waals surface area contributed by atoms with E-state index < -0.39 is 6.03 Å². The number of benzene rings is 1. The summed E-state index contributed by atoms with van der Waals surface area (Å²) in [6.45, 7) is 0.0745. The zero-order chi connectivity index (χ0) is 27.8. The van der Waals surface area contributed by atoms with Crippen molar-refractivity contribution in [1.82, 2.24) is 19.7 Å². The largest absolute Gasteiger partial charge is 0.495 e. The second-order valence-corrected chi connectivity index (χ2v) is 8.76. The van der Waals surface area contributed by atoms with Crippen molar-refractivity contribution in [2.45, 2.75) is 13.0 Å². The van der Waals surface area contributed by atoms with Gasteiger partial charge in [0.2, 0.25) is 5.91 Å². The molecule has 0 radical (unpaired) electrons. The highest BCUT2D eigenvalue weighted by atomic mass is 35.5. The monoisotopic (exact) mass is 584 g/mol. The highest BCUT2D eigenvalue weighted by Gasteiger charge is 2.22. The summed E-state index contributed by atoms with van der Waals surface area (Å²) >= 11 is 16.8. The lowest BCUT2D eigenvalue weighted by Gasteiger charge is -2.20. The number of hydrogen-bond donors (Lipinski definition) is 5. The van der Waals surface area contributed by atoms with E-state index in [-0.39, 0.29) is 70.2 Å². The Morgan fingerprint density at radius 3 is 2.42 bits per heavy atom. The summed E-state index contributed by atoms with van der Waals surface area (Å²) in [6, 6.07) is 2.39. The second kappa shape index (κ2) is 13.4. The van der Waals surface area contributed by atoms with Gasteiger partial charge < -0.3 is 30.5 Å². The van der Waals surface area contributed by atoms with E-state index in [2.05, 4.69) is 43.6 Å². The molecule has 13 nitrogen and oxygen atoms in total. The quantitative estimate of drug-likeness (QED) is 0.212. The topological polar surface area (TPSA) is 156 Å². The van der Waals surface area contributed by atoms with Crippen LogP contribution < -0.4 is 30.3 Å². The minimum Gasteiger partial charge on any atom is -0.495 e. The van der Waals surface area contributed by atoms with Gasteiger partial charge in [-0.25, -0.2) is 14.8 Å². The molecule has 0 saturated heterocycles. The molecule has 204 valence electrons. The number of hydrogen-bond acceptors (Lipinski definition) is 10. The molecule has 3 aromatic rings. The lowest BCUT2D eigenvalue weighted by molar-refractivity contribution is -0.115. The van der Waals surface area contributed by atoms with Crippen molar-refractivity contribution in [3.8, 4) is 11.5 Å². The first-order valence-corrected chi connectivity index (χ1v) is 12.4. The van der Waals surface area contributed by atoms with Crippen molar-refractivity contribution in [3.63, 3.8) is 0 Å². The molecule has 0 fully saturated rings. The Kier molecular flexibility index (Phi) is 10.2. The van der Waals surface area contributed by atoms with Crippen molar-refractivity contribution >= 4 is 76.6 Å². The Balaban J connectivity index is 1.83. The highest BCUT2D eigenvalue weighted by molar-refractivity contribution is 7.80. The average molecular weight is 585 g/mol. The smallest absolute Gasteiger partial charge is 0.327 e. The van der Waals surface area contributed by atoms with Crippen LogP contribution in [0.4, 0.5) is 33.6 Å². The Bertz CT molecular complexity index is 1280. The van der Waals surface area contributed by atoms with Crippen LogP contribution in [0.3, 0.4) is 0 Å². The van der Waals surface area contributed by atoms with Crippen LogP contribution in [0, 0.1) is 0 Å². The molecule has 0 unspecified atom stereocenters. The predicted octanol–water partition coefficient (Wildman–Crippen LogP) is 3.66. The summed E-state index contributed by atoms with van der Waals surface area (Å²) in [6.07, 6.45) is 3.03. The van der Waals surface area contributed by atoms with E-state index in [1.54, 1.807) is 6.20 Å². The molecule has 0 aliphatic rings. The van der Waals surface area contributed by atoms with Crippen molar-refractivity contribution in [2.75, 3.05) is 54.5 Å². The molecule has 38 heavy (non-hydrogen) atoms. The van der Waals surface area contributed by atoms with E-state index in [0.717, 1.165) is 0 Å². The number of nitrogens with one attached hydrogen (secondary N) is 3. The number of anilines is 5. The second-order valence-electron chi connectivity index (χ2n) is 7.56. The molecule has 16 heteroatoms. The minimum absolute atomic E-state index is 0.0936. The molecule has 2 aromatic heterocycles. The van der Waals surface area contributed by atoms with Gasteiger partial charge in [0.05, 0.1) is 39.3 Å². The molecule has 0 aliphatic carbocycles. The fourth-order valence-electron chi connectivity index (χ4n) is 3.15. The van der Waals surface area contributed by atoms with E-state index in [1.165, 1.54) is 49.3 Å². The number of nitrogens with zero attached hydrogens (tertiary/aromatic N) is 5. The number of carbonyl (C=O) groups is 2. The number of amides is 3. The summed E-state index contributed by atoms with van der Waals surface area (Å²) in [7, 11) is 4.33. The third-order valence-electron chi connectivity index (χ3n) is 5.06. The number of rotatable bonds is 11. The lowest BCUT2D eigenvalue weighted by atomic mass is 10.2. The van der Waals surface area contributed by atoms with Gasteiger partial charge in [0.1, 0.15) is 45.2 Å². The van der Waals surface area contributed by atoms with Crippen LogP contribution in [-0.4, -0.2) is 70.4 Å². The first kappa shape index (κ1) is 29.1. The summed E-state index contributed by atoms with van der Waals surface area (Å²) in [4.78, 5) is 34.7. The molecule has 3 rings (SSSR count). The van der Waals surface area contributed by atoms with Gasteiger partial charge in [-0.15, -0.1) is 0 Å². The maximum absolute atomic E-state index is 13.0.